The van der Waals surface area contributed by atoms with Crippen LogP contribution in [0.25, 0.3) is 105 Å². The Balaban J connectivity index is 1.22. The lowest BCUT2D eigenvalue weighted by Crippen LogP contribution is -2.07. The van der Waals surface area contributed by atoms with E-state index in [2.05, 4.69) is 138 Å². The highest BCUT2D eigenvalue weighted by atomic mass is 16.3. The number of benzene rings is 8. The highest BCUT2D eigenvalue weighted by Crippen LogP contribution is 2.45. The molecule has 3 aromatic heterocycles. The molecule has 0 saturated carbocycles. The molecule has 0 atom stereocenters. The van der Waals surface area contributed by atoms with E-state index in [1.807, 2.05) is 48.5 Å². The normalized spacial score (nSPS) is 11.7. The number of hydrogen-bond donors (Lipinski definition) is 0. The maximum absolute atomic E-state index is 6.76. The zero-order valence-corrected chi connectivity index (χ0v) is 29.0. The van der Waals surface area contributed by atoms with Gasteiger partial charge in [0.2, 0.25) is 5.95 Å². The lowest BCUT2D eigenvalue weighted by atomic mass is 9.93. The van der Waals surface area contributed by atoms with E-state index in [-0.39, 0.29) is 0 Å². The molecule has 0 fully saturated rings. The second-order valence-corrected chi connectivity index (χ2v) is 13.6. The van der Waals surface area contributed by atoms with Gasteiger partial charge in [-0.15, -0.1) is 0 Å². The standard InChI is InChI=1S/C49H30N4O/c1-3-14-31(15-4-1)32-26-28-34(29-27-32)48-50-47(33-16-5-2-6-17-33)51-49(52-48)53-42-24-11-9-20-37(42)39-22-13-23-40(45(39)53)44-36-19-8-7-18-35(36)30-41-38-21-10-12-25-43(38)54-46(41)44/h1-30H. The Hall–Kier alpha value is -7.37. The zero-order valence-electron chi connectivity index (χ0n) is 29.0. The van der Waals surface area contributed by atoms with Crippen molar-refractivity contribution in [2.45, 2.75) is 0 Å². The summed E-state index contributed by atoms with van der Waals surface area (Å²) in [5, 5.41) is 6.68. The summed E-state index contributed by atoms with van der Waals surface area (Å²) in [4.78, 5) is 15.6. The maximum Gasteiger partial charge on any atom is 0.238 e. The minimum atomic E-state index is 0.547. The van der Waals surface area contributed by atoms with Crippen LogP contribution in [-0.4, -0.2) is 19.5 Å². The maximum atomic E-state index is 6.76. The van der Waals surface area contributed by atoms with Gasteiger partial charge in [-0.25, -0.2) is 4.98 Å². The highest BCUT2D eigenvalue weighted by molar-refractivity contribution is 6.22. The van der Waals surface area contributed by atoms with Crippen molar-refractivity contribution in [2.24, 2.45) is 0 Å². The minimum absolute atomic E-state index is 0.547. The molecule has 0 bridgehead atoms. The number of para-hydroxylation sites is 3. The molecule has 11 rings (SSSR count). The lowest BCUT2D eigenvalue weighted by molar-refractivity contribution is 0.670. The van der Waals surface area contributed by atoms with Gasteiger partial charge in [-0.05, 0) is 40.1 Å². The van der Waals surface area contributed by atoms with Gasteiger partial charge in [0.1, 0.15) is 11.2 Å². The predicted octanol–water partition coefficient (Wildman–Crippen LogP) is 12.7. The molecule has 252 valence electrons. The Labute approximate surface area is 310 Å². The molecule has 0 amide bonds. The van der Waals surface area contributed by atoms with Crippen molar-refractivity contribution in [3.05, 3.63) is 182 Å². The van der Waals surface area contributed by atoms with Crippen LogP contribution in [0.3, 0.4) is 0 Å². The average Bonchev–Trinajstić information content (AvgIpc) is 3.79. The molecule has 0 saturated heterocycles. The molecule has 54 heavy (non-hydrogen) atoms. The third kappa shape index (κ3) is 4.76. The van der Waals surface area contributed by atoms with E-state index < -0.39 is 0 Å². The first-order valence-electron chi connectivity index (χ1n) is 18.1. The molecule has 5 nitrogen and oxygen atoms in total. The Morgan fingerprint density at radius 3 is 1.76 bits per heavy atom. The van der Waals surface area contributed by atoms with E-state index in [9.17, 15) is 0 Å². The molecule has 5 heteroatoms. The van der Waals surface area contributed by atoms with Crippen LogP contribution in [0.4, 0.5) is 0 Å². The van der Waals surface area contributed by atoms with Crippen LogP contribution in [0.15, 0.2) is 186 Å². The summed E-state index contributed by atoms with van der Waals surface area (Å²) in [7, 11) is 0. The molecule has 0 N–H and O–H groups in total. The van der Waals surface area contributed by atoms with E-state index in [0.29, 0.717) is 17.6 Å². The molecule has 0 aliphatic carbocycles. The summed E-state index contributed by atoms with van der Waals surface area (Å²) in [5.74, 6) is 1.76. The van der Waals surface area contributed by atoms with Crippen LogP contribution in [0, 0.1) is 0 Å². The third-order valence-electron chi connectivity index (χ3n) is 10.5. The summed E-state index contributed by atoms with van der Waals surface area (Å²) < 4.78 is 8.97. The largest absolute Gasteiger partial charge is 0.455 e. The van der Waals surface area contributed by atoms with Crippen molar-refractivity contribution in [2.75, 3.05) is 0 Å². The lowest BCUT2D eigenvalue weighted by Gasteiger charge is -2.14. The van der Waals surface area contributed by atoms with Gasteiger partial charge in [-0.3, -0.25) is 4.57 Å². The van der Waals surface area contributed by atoms with Crippen molar-refractivity contribution in [3.63, 3.8) is 0 Å². The van der Waals surface area contributed by atoms with E-state index in [0.717, 1.165) is 87.9 Å². The molecule has 0 spiro atoms. The van der Waals surface area contributed by atoms with E-state index in [4.69, 9.17) is 19.4 Å². The first-order chi connectivity index (χ1) is 26.8. The number of fused-ring (bicyclic) bond motifs is 7. The fourth-order valence-corrected chi connectivity index (χ4v) is 7.97. The van der Waals surface area contributed by atoms with Gasteiger partial charge in [0.15, 0.2) is 11.6 Å². The molecule has 0 radical (unpaired) electrons. The Morgan fingerprint density at radius 1 is 0.407 bits per heavy atom. The number of aromatic nitrogens is 4. The van der Waals surface area contributed by atoms with Gasteiger partial charge in [0.05, 0.1) is 11.0 Å². The molecule has 0 aliphatic heterocycles. The summed E-state index contributed by atoms with van der Waals surface area (Å²) in [6.45, 7) is 0. The third-order valence-corrected chi connectivity index (χ3v) is 10.5. The van der Waals surface area contributed by atoms with E-state index >= 15 is 0 Å². The molecule has 0 unspecified atom stereocenters. The highest BCUT2D eigenvalue weighted by Gasteiger charge is 2.24. The van der Waals surface area contributed by atoms with Crippen LogP contribution in [-0.2, 0) is 0 Å². The predicted molar refractivity (Wildman–Crippen MR) is 221 cm³/mol. The minimum Gasteiger partial charge on any atom is -0.455 e. The molecular weight excluding hydrogens is 661 g/mol. The van der Waals surface area contributed by atoms with Gasteiger partial charge in [0, 0.05) is 43.8 Å². The van der Waals surface area contributed by atoms with Crippen LogP contribution < -0.4 is 0 Å². The summed E-state index contributed by atoms with van der Waals surface area (Å²) in [6, 6.07) is 63.2. The molecular formula is C49H30N4O. The fourth-order valence-electron chi connectivity index (χ4n) is 7.97. The molecule has 0 aliphatic rings. The second-order valence-electron chi connectivity index (χ2n) is 13.6. The van der Waals surface area contributed by atoms with Crippen molar-refractivity contribution < 1.29 is 4.42 Å². The van der Waals surface area contributed by atoms with Gasteiger partial charge in [0.25, 0.3) is 0 Å². The molecule has 11 aromatic rings. The van der Waals surface area contributed by atoms with Crippen LogP contribution in [0.2, 0.25) is 0 Å². The zero-order chi connectivity index (χ0) is 35.6. The Kier molecular flexibility index (Phi) is 6.79. The number of nitrogens with zero attached hydrogens (tertiary/aromatic N) is 4. The Bertz CT molecular complexity index is 3200. The second kappa shape index (κ2) is 12.1. The number of hydrogen-bond acceptors (Lipinski definition) is 4. The van der Waals surface area contributed by atoms with Gasteiger partial charge < -0.3 is 4.42 Å². The fraction of sp³-hybridized carbons (Fsp3) is 0. The first kappa shape index (κ1) is 30.3. The summed E-state index contributed by atoms with van der Waals surface area (Å²) in [6.07, 6.45) is 0. The molecule has 3 heterocycles. The Morgan fingerprint density at radius 2 is 0.981 bits per heavy atom. The average molecular weight is 691 g/mol. The van der Waals surface area contributed by atoms with Crippen molar-refractivity contribution in [1.29, 1.82) is 0 Å². The van der Waals surface area contributed by atoms with Crippen LogP contribution in [0.5, 0.6) is 0 Å². The van der Waals surface area contributed by atoms with Crippen LogP contribution >= 0.6 is 0 Å². The number of furan rings is 1. The van der Waals surface area contributed by atoms with Gasteiger partial charge >= 0.3 is 0 Å². The smallest absolute Gasteiger partial charge is 0.238 e. The SMILES string of the molecule is c1ccc(-c2ccc(-c3nc(-c4ccccc4)nc(-n4c5ccccc5c5cccc(-c6c7ccccc7cc7c6oc6ccccc67)c54)n3)cc2)cc1. The topological polar surface area (TPSA) is 56.7 Å². The summed E-state index contributed by atoms with van der Waals surface area (Å²) in [5.41, 5.74) is 9.96. The van der Waals surface area contributed by atoms with Crippen LogP contribution in [0.1, 0.15) is 0 Å². The summed E-state index contributed by atoms with van der Waals surface area (Å²) >= 11 is 0. The number of rotatable bonds is 5. The molecule has 8 aromatic carbocycles. The van der Waals surface area contributed by atoms with Crippen molar-refractivity contribution in [1.82, 2.24) is 19.5 Å². The van der Waals surface area contributed by atoms with Crippen molar-refractivity contribution >= 4 is 54.5 Å². The van der Waals surface area contributed by atoms with Gasteiger partial charge in [-0.2, -0.15) is 9.97 Å². The van der Waals surface area contributed by atoms with Gasteiger partial charge in [-0.1, -0.05) is 164 Å². The monoisotopic (exact) mass is 690 g/mol. The van der Waals surface area contributed by atoms with E-state index in [1.165, 1.54) is 0 Å². The first-order valence-corrected chi connectivity index (χ1v) is 18.1. The quantitative estimate of drug-likeness (QED) is 0.180. The van der Waals surface area contributed by atoms with E-state index in [1.54, 1.807) is 0 Å². The van der Waals surface area contributed by atoms with Crippen molar-refractivity contribution in [3.8, 4) is 51.0 Å².